The molecule has 1 amide bonds. The zero-order valence-corrected chi connectivity index (χ0v) is 16.2. The van der Waals surface area contributed by atoms with Crippen LogP contribution in [-0.4, -0.2) is 56.2 Å². The fourth-order valence-electron chi connectivity index (χ4n) is 4.17. The largest absolute Gasteiger partial charge is 0.495 e. The van der Waals surface area contributed by atoms with Crippen molar-refractivity contribution in [3.05, 3.63) is 24.3 Å². The number of likely N-dealkylation sites (tertiary alicyclic amines) is 1. The standard InChI is InChI=1S/C21H33N3O2/c1-17(23-13-7-3-4-8-14-23)21(25)22-18-10-9-15-24(16-18)19-11-5-6-12-20(19)26-2/h5-6,11-12,17-18H,3-4,7-10,13-16H2,1-2H3,(H,22,25). The van der Waals surface area contributed by atoms with Crippen LogP contribution in [0.1, 0.15) is 45.4 Å². The highest BCUT2D eigenvalue weighted by molar-refractivity contribution is 5.81. The molecule has 2 unspecified atom stereocenters. The molecule has 3 rings (SSSR count). The predicted molar refractivity (Wildman–Crippen MR) is 106 cm³/mol. The number of nitrogens with one attached hydrogen (secondary N) is 1. The zero-order valence-electron chi connectivity index (χ0n) is 16.2. The number of ether oxygens (including phenoxy) is 1. The first-order valence-corrected chi connectivity index (χ1v) is 10.1. The van der Waals surface area contributed by atoms with Gasteiger partial charge in [0.05, 0.1) is 18.8 Å². The maximum Gasteiger partial charge on any atom is 0.237 e. The van der Waals surface area contributed by atoms with E-state index in [-0.39, 0.29) is 18.0 Å². The first-order valence-electron chi connectivity index (χ1n) is 10.1. The number of anilines is 1. The number of amides is 1. The second kappa shape index (κ2) is 9.26. The summed E-state index contributed by atoms with van der Waals surface area (Å²) in [6, 6.07) is 8.31. The number of piperidine rings is 1. The van der Waals surface area contributed by atoms with E-state index in [9.17, 15) is 4.79 Å². The number of benzene rings is 1. The van der Waals surface area contributed by atoms with Gasteiger partial charge in [0.1, 0.15) is 5.75 Å². The summed E-state index contributed by atoms with van der Waals surface area (Å²) in [5, 5.41) is 3.31. The summed E-state index contributed by atoms with van der Waals surface area (Å²) in [7, 11) is 1.71. The third-order valence-corrected chi connectivity index (χ3v) is 5.76. The van der Waals surface area contributed by atoms with Gasteiger partial charge in [0.25, 0.3) is 0 Å². The fourth-order valence-corrected chi connectivity index (χ4v) is 4.17. The van der Waals surface area contributed by atoms with Crippen molar-refractivity contribution >= 4 is 11.6 Å². The van der Waals surface area contributed by atoms with Crippen LogP contribution in [0.2, 0.25) is 0 Å². The number of carbonyl (C=O) groups is 1. The Morgan fingerprint density at radius 2 is 1.85 bits per heavy atom. The minimum Gasteiger partial charge on any atom is -0.495 e. The van der Waals surface area contributed by atoms with Crippen molar-refractivity contribution in [2.45, 2.75) is 57.5 Å². The van der Waals surface area contributed by atoms with Gasteiger partial charge in [-0.05, 0) is 57.8 Å². The lowest BCUT2D eigenvalue weighted by Gasteiger charge is -2.36. The maximum absolute atomic E-state index is 12.8. The molecule has 2 atom stereocenters. The molecule has 0 radical (unpaired) electrons. The number of hydrogen-bond donors (Lipinski definition) is 1. The van der Waals surface area contributed by atoms with Gasteiger partial charge >= 0.3 is 0 Å². The Kier molecular flexibility index (Phi) is 6.78. The zero-order chi connectivity index (χ0) is 18.4. The van der Waals surface area contributed by atoms with Gasteiger partial charge in [-0.3, -0.25) is 9.69 Å². The third kappa shape index (κ3) is 4.70. The van der Waals surface area contributed by atoms with Gasteiger partial charge in [0.2, 0.25) is 5.91 Å². The summed E-state index contributed by atoms with van der Waals surface area (Å²) in [5.41, 5.74) is 1.12. The van der Waals surface area contributed by atoms with E-state index in [1.807, 2.05) is 18.2 Å². The quantitative estimate of drug-likeness (QED) is 0.878. The molecule has 0 aromatic heterocycles. The molecule has 0 bridgehead atoms. The van der Waals surface area contributed by atoms with Gasteiger partial charge in [0, 0.05) is 19.1 Å². The highest BCUT2D eigenvalue weighted by Gasteiger charge is 2.27. The average Bonchev–Trinajstić information content (AvgIpc) is 2.97. The lowest BCUT2D eigenvalue weighted by Crippen LogP contribution is -2.53. The van der Waals surface area contributed by atoms with Gasteiger partial charge in [0.15, 0.2) is 0 Å². The molecule has 1 aromatic carbocycles. The number of para-hydroxylation sites is 2. The van der Waals surface area contributed by atoms with Crippen LogP contribution >= 0.6 is 0 Å². The van der Waals surface area contributed by atoms with Gasteiger partial charge < -0.3 is 15.0 Å². The van der Waals surface area contributed by atoms with Crippen molar-refractivity contribution in [1.29, 1.82) is 0 Å². The van der Waals surface area contributed by atoms with E-state index in [1.165, 1.54) is 25.7 Å². The Balaban J connectivity index is 1.58. The van der Waals surface area contributed by atoms with E-state index < -0.39 is 0 Å². The fraction of sp³-hybridized carbons (Fsp3) is 0.667. The topological polar surface area (TPSA) is 44.8 Å². The first kappa shape index (κ1) is 19.0. The van der Waals surface area contributed by atoms with E-state index in [2.05, 4.69) is 28.1 Å². The molecular weight excluding hydrogens is 326 g/mol. The Hall–Kier alpha value is -1.75. The van der Waals surface area contributed by atoms with Gasteiger partial charge in [-0.25, -0.2) is 0 Å². The molecule has 0 aliphatic carbocycles. The summed E-state index contributed by atoms with van der Waals surface area (Å²) >= 11 is 0. The van der Waals surface area contributed by atoms with Crippen LogP contribution in [0.5, 0.6) is 5.75 Å². The summed E-state index contributed by atoms with van der Waals surface area (Å²) in [5.74, 6) is 1.08. The molecule has 2 heterocycles. The molecule has 26 heavy (non-hydrogen) atoms. The van der Waals surface area contributed by atoms with E-state index in [1.54, 1.807) is 7.11 Å². The van der Waals surface area contributed by atoms with Gasteiger partial charge in [-0.1, -0.05) is 25.0 Å². The van der Waals surface area contributed by atoms with Crippen molar-refractivity contribution in [3.63, 3.8) is 0 Å². The van der Waals surface area contributed by atoms with E-state index in [0.29, 0.717) is 0 Å². The summed E-state index contributed by atoms with van der Waals surface area (Å²) < 4.78 is 5.51. The van der Waals surface area contributed by atoms with Crippen molar-refractivity contribution < 1.29 is 9.53 Å². The molecule has 2 saturated heterocycles. The lowest BCUT2D eigenvalue weighted by molar-refractivity contribution is -0.126. The Bertz CT molecular complexity index is 584. The van der Waals surface area contributed by atoms with Crippen molar-refractivity contribution in [3.8, 4) is 5.75 Å². The van der Waals surface area contributed by atoms with Crippen molar-refractivity contribution in [2.24, 2.45) is 0 Å². The van der Waals surface area contributed by atoms with Crippen LogP contribution < -0.4 is 15.0 Å². The highest BCUT2D eigenvalue weighted by Crippen LogP contribution is 2.29. The molecule has 2 fully saturated rings. The van der Waals surface area contributed by atoms with E-state index in [0.717, 1.165) is 50.5 Å². The average molecular weight is 360 g/mol. The summed E-state index contributed by atoms with van der Waals surface area (Å²) in [6.07, 6.45) is 7.14. The number of carbonyl (C=O) groups excluding carboxylic acids is 1. The number of methoxy groups -OCH3 is 1. The number of nitrogens with zero attached hydrogens (tertiary/aromatic N) is 2. The van der Waals surface area contributed by atoms with Crippen LogP contribution in [-0.2, 0) is 4.79 Å². The smallest absolute Gasteiger partial charge is 0.237 e. The van der Waals surface area contributed by atoms with E-state index >= 15 is 0 Å². The molecule has 144 valence electrons. The van der Waals surface area contributed by atoms with Gasteiger partial charge in [-0.2, -0.15) is 0 Å². The molecule has 2 aliphatic rings. The van der Waals surface area contributed by atoms with Crippen LogP contribution in [0.3, 0.4) is 0 Å². The second-order valence-corrected chi connectivity index (χ2v) is 7.59. The van der Waals surface area contributed by atoms with Gasteiger partial charge in [-0.15, -0.1) is 0 Å². The van der Waals surface area contributed by atoms with Crippen LogP contribution in [0.15, 0.2) is 24.3 Å². The molecular formula is C21H33N3O2. The molecule has 0 saturated carbocycles. The third-order valence-electron chi connectivity index (χ3n) is 5.76. The molecule has 5 heteroatoms. The monoisotopic (exact) mass is 359 g/mol. The molecule has 0 spiro atoms. The maximum atomic E-state index is 12.8. The van der Waals surface area contributed by atoms with Crippen LogP contribution in [0, 0.1) is 0 Å². The van der Waals surface area contributed by atoms with Crippen molar-refractivity contribution in [1.82, 2.24) is 10.2 Å². The predicted octanol–water partition coefficient (Wildman–Crippen LogP) is 3.04. The molecule has 1 N–H and O–H groups in total. The minimum absolute atomic E-state index is 0.0327. The Morgan fingerprint density at radius 1 is 1.12 bits per heavy atom. The Morgan fingerprint density at radius 3 is 2.58 bits per heavy atom. The molecule has 1 aromatic rings. The van der Waals surface area contributed by atoms with Crippen molar-refractivity contribution in [2.75, 3.05) is 38.2 Å². The van der Waals surface area contributed by atoms with Crippen LogP contribution in [0.4, 0.5) is 5.69 Å². The minimum atomic E-state index is -0.0327. The highest BCUT2D eigenvalue weighted by atomic mass is 16.5. The normalized spacial score (nSPS) is 23.2. The summed E-state index contributed by atoms with van der Waals surface area (Å²) in [4.78, 5) is 17.5. The SMILES string of the molecule is COc1ccccc1N1CCCC(NC(=O)C(C)N2CCCCCC2)C1. The second-order valence-electron chi connectivity index (χ2n) is 7.59. The molecule has 5 nitrogen and oxygen atoms in total. The number of rotatable bonds is 5. The first-order chi connectivity index (χ1) is 12.7. The molecule has 2 aliphatic heterocycles. The lowest BCUT2D eigenvalue weighted by atomic mass is 10.0. The Labute approximate surface area is 157 Å². The van der Waals surface area contributed by atoms with Crippen LogP contribution in [0.25, 0.3) is 0 Å². The van der Waals surface area contributed by atoms with E-state index in [4.69, 9.17) is 4.74 Å². The summed E-state index contributed by atoms with van der Waals surface area (Å²) in [6.45, 7) is 6.01. The number of hydrogen-bond acceptors (Lipinski definition) is 4.